The smallest absolute Gasteiger partial charge is 0.178 e. The van der Waals surface area contributed by atoms with Gasteiger partial charge in [-0.05, 0) is 70.8 Å². The van der Waals surface area contributed by atoms with Gasteiger partial charge >= 0.3 is 0 Å². The molecule has 7 rings (SSSR count). The molecule has 0 saturated carbocycles. The van der Waals surface area contributed by atoms with Gasteiger partial charge in [-0.3, -0.25) is 0 Å². The van der Waals surface area contributed by atoms with Crippen molar-refractivity contribution in [1.82, 2.24) is 0 Å². The minimum Gasteiger partial charge on any atom is -0.497 e. The Morgan fingerprint density at radius 3 is 1.95 bits per heavy atom. The molecule has 0 N–H and O–H groups in total. The molecular formula is C36H26Br2F2O3. The number of ether oxygens (including phenoxy) is 3. The highest BCUT2D eigenvalue weighted by molar-refractivity contribution is 9.11. The normalized spacial score (nSPS) is 15.4. The van der Waals surface area contributed by atoms with Gasteiger partial charge in [-0.2, -0.15) is 0 Å². The fraction of sp³-hybridized carbons (Fsp3) is 0.167. The highest BCUT2D eigenvalue weighted by Gasteiger charge is 2.45. The summed E-state index contributed by atoms with van der Waals surface area (Å²) in [5, 5.41) is 0.711. The van der Waals surface area contributed by atoms with E-state index in [4.69, 9.17) is 14.2 Å². The zero-order chi connectivity index (χ0) is 30.3. The Hall–Kier alpha value is -3.68. The quantitative estimate of drug-likeness (QED) is 0.187. The molecule has 0 unspecified atom stereocenters. The van der Waals surface area contributed by atoms with Crippen LogP contribution in [0.4, 0.5) is 8.78 Å². The standard InChI is InChI=1S/C36H26Br2F2O3/c1-35(2)32-26(15-21(37)16-28(32)38)31-30-27(17-22(39)18-29(30)40)34-25(33(31)35)13-14-36(43-34,19-5-9-23(41-3)10-6-19)20-7-11-24(42-4)12-8-20/h5-18H,1-4H3. The highest BCUT2D eigenvalue weighted by Crippen LogP contribution is 2.60. The molecule has 5 aromatic carbocycles. The second-order valence-electron chi connectivity index (χ2n) is 11.4. The molecule has 2 aliphatic rings. The van der Waals surface area contributed by atoms with Gasteiger partial charge in [0.2, 0.25) is 0 Å². The maximum Gasteiger partial charge on any atom is 0.178 e. The first kappa shape index (κ1) is 28.1. The lowest BCUT2D eigenvalue weighted by Crippen LogP contribution is -2.35. The lowest BCUT2D eigenvalue weighted by molar-refractivity contribution is 0.163. The van der Waals surface area contributed by atoms with Crippen molar-refractivity contribution in [2.24, 2.45) is 0 Å². The Bertz CT molecular complexity index is 1930. The molecule has 0 atom stereocenters. The van der Waals surface area contributed by atoms with Crippen molar-refractivity contribution in [2.45, 2.75) is 24.9 Å². The van der Waals surface area contributed by atoms with Gasteiger partial charge in [-0.15, -0.1) is 0 Å². The van der Waals surface area contributed by atoms with E-state index in [9.17, 15) is 0 Å². The van der Waals surface area contributed by atoms with Crippen LogP contribution in [0.5, 0.6) is 17.2 Å². The average Bonchev–Trinajstić information content (AvgIpc) is 3.23. The second-order valence-corrected chi connectivity index (χ2v) is 13.1. The summed E-state index contributed by atoms with van der Waals surface area (Å²) in [6.45, 7) is 4.26. The van der Waals surface area contributed by atoms with Crippen molar-refractivity contribution in [3.63, 3.8) is 0 Å². The molecule has 0 spiro atoms. The third-order valence-electron chi connectivity index (χ3n) is 8.67. The van der Waals surface area contributed by atoms with Crippen LogP contribution in [-0.2, 0) is 11.0 Å². The van der Waals surface area contributed by atoms with Crippen molar-refractivity contribution in [2.75, 3.05) is 14.2 Å². The van der Waals surface area contributed by atoms with Gasteiger partial charge < -0.3 is 14.2 Å². The van der Waals surface area contributed by atoms with Crippen molar-refractivity contribution < 1.29 is 23.0 Å². The molecule has 3 nitrogen and oxygen atoms in total. The topological polar surface area (TPSA) is 27.7 Å². The van der Waals surface area contributed by atoms with Crippen LogP contribution >= 0.6 is 31.9 Å². The van der Waals surface area contributed by atoms with Crippen LogP contribution in [0.2, 0.25) is 0 Å². The SMILES string of the molecule is COc1ccc(C2(c3ccc(OC)cc3)C=Cc3c4c(c5c(F)cc(F)cc5c3O2)-c2cc(Br)cc(Br)c2C4(C)C)cc1. The minimum atomic E-state index is -1.10. The number of rotatable bonds is 4. The number of methoxy groups -OCH3 is 2. The van der Waals surface area contributed by atoms with Crippen molar-refractivity contribution in [1.29, 1.82) is 0 Å². The lowest BCUT2D eigenvalue weighted by Gasteiger charge is -2.38. The third-order valence-corrected chi connectivity index (χ3v) is 9.76. The summed E-state index contributed by atoms with van der Waals surface area (Å²) < 4.78 is 50.8. The summed E-state index contributed by atoms with van der Waals surface area (Å²) >= 11 is 7.39. The van der Waals surface area contributed by atoms with Crippen LogP contribution in [0.1, 0.15) is 41.7 Å². The van der Waals surface area contributed by atoms with E-state index in [1.807, 2.05) is 72.8 Å². The van der Waals surface area contributed by atoms with Crippen LogP contribution in [0.15, 0.2) is 87.8 Å². The minimum absolute atomic E-state index is 0.334. The van der Waals surface area contributed by atoms with E-state index in [1.54, 1.807) is 14.2 Å². The highest BCUT2D eigenvalue weighted by atomic mass is 79.9. The molecule has 0 bridgehead atoms. The van der Waals surface area contributed by atoms with Crippen LogP contribution in [0.25, 0.3) is 28.0 Å². The average molecular weight is 704 g/mol. The van der Waals surface area contributed by atoms with E-state index in [2.05, 4.69) is 45.7 Å². The molecule has 5 aromatic rings. The molecule has 1 heterocycles. The van der Waals surface area contributed by atoms with Crippen molar-refractivity contribution >= 4 is 48.7 Å². The van der Waals surface area contributed by atoms with Gasteiger partial charge in [0.05, 0.1) is 14.2 Å². The third kappa shape index (κ3) is 4.08. The van der Waals surface area contributed by atoms with E-state index >= 15 is 8.78 Å². The maximum absolute atomic E-state index is 16.1. The van der Waals surface area contributed by atoms with Crippen LogP contribution in [0.3, 0.4) is 0 Å². The number of benzene rings is 5. The lowest BCUT2D eigenvalue weighted by atomic mass is 9.76. The Labute approximate surface area is 265 Å². The van der Waals surface area contributed by atoms with Crippen molar-refractivity contribution in [3.05, 3.63) is 127 Å². The van der Waals surface area contributed by atoms with Gasteiger partial charge in [0, 0.05) is 47.9 Å². The van der Waals surface area contributed by atoms with Gasteiger partial charge in [0.25, 0.3) is 0 Å². The molecule has 1 aliphatic carbocycles. The molecule has 0 saturated heterocycles. The summed E-state index contributed by atoms with van der Waals surface area (Å²) in [7, 11) is 3.24. The Morgan fingerprint density at radius 1 is 0.767 bits per heavy atom. The van der Waals surface area contributed by atoms with Gasteiger partial charge in [0.15, 0.2) is 5.60 Å². The van der Waals surface area contributed by atoms with Gasteiger partial charge in [-0.1, -0.05) is 76.0 Å². The van der Waals surface area contributed by atoms with E-state index in [1.165, 1.54) is 6.07 Å². The Morgan fingerprint density at radius 2 is 1.37 bits per heavy atom. The monoisotopic (exact) mass is 702 g/mol. The summed E-state index contributed by atoms with van der Waals surface area (Å²) in [5.74, 6) is 0.538. The number of fused-ring (bicyclic) bond motifs is 8. The van der Waals surface area contributed by atoms with Crippen LogP contribution in [-0.4, -0.2) is 14.2 Å². The zero-order valence-electron chi connectivity index (χ0n) is 23.8. The maximum atomic E-state index is 16.1. The summed E-state index contributed by atoms with van der Waals surface area (Å²) in [6.07, 6.45) is 4.08. The fourth-order valence-corrected chi connectivity index (χ4v) is 8.51. The fourth-order valence-electron chi connectivity index (χ4n) is 6.79. The molecule has 7 heteroatoms. The second kappa shape index (κ2) is 9.93. The molecule has 1 aliphatic heterocycles. The molecular weight excluding hydrogens is 678 g/mol. The van der Waals surface area contributed by atoms with E-state index < -0.39 is 22.7 Å². The van der Waals surface area contributed by atoms with E-state index in [0.717, 1.165) is 54.0 Å². The molecule has 216 valence electrons. The van der Waals surface area contributed by atoms with Gasteiger partial charge in [0.1, 0.15) is 28.9 Å². The van der Waals surface area contributed by atoms with Crippen LogP contribution in [0, 0.1) is 11.6 Å². The number of halogens is 4. The summed E-state index contributed by atoms with van der Waals surface area (Å²) in [6, 6.07) is 21.6. The predicted octanol–water partition coefficient (Wildman–Crippen LogP) is 10.3. The largest absolute Gasteiger partial charge is 0.497 e. The Kier molecular flexibility index (Phi) is 6.49. The van der Waals surface area contributed by atoms with Crippen molar-refractivity contribution in [3.8, 4) is 28.4 Å². The summed E-state index contributed by atoms with van der Waals surface area (Å²) in [4.78, 5) is 0. The first-order chi connectivity index (χ1) is 20.6. The molecule has 0 fully saturated rings. The predicted molar refractivity (Wildman–Crippen MR) is 173 cm³/mol. The molecule has 43 heavy (non-hydrogen) atoms. The summed E-state index contributed by atoms with van der Waals surface area (Å²) in [5.41, 5.74) is 4.47. The van der Waals surface area contributed by atoms with E-state index in [-0.39, 0.29) is 0 Å². The molecule has 0 aromatic heterocycles. The number of hydrogen-bond acceptors (Lipinski definition) is 3. The van der Waals surface area contributed by atoms with Crippen LogP contribution < -0.4 is 14.2 Å². The zero-order valence-corrected chi connectivity index (χ0v) is 27.0. The first-order valence-electron chi connectivity index (χ1n) is 13.8. The number of hydrogen-bond donors (Lipinski definition) is 0. The molecule has 0 amide bonds. The first-order valence-corrected chi connectivity index (χ1v) is 15.3. The Balaban J connectivity index is 1.58. The van der Waals surface area contributed by atoms with E-state index in [0.29, 0.717) is 28.0 Å². The molecule has 0 radical (unpaired) electrons. The van der Waals surface area contributed by atoms with Gasteiger partial charge in [-0.25, -0.2) is 8.78 Å².